The molecule has 4 aromatic rings. The molecule has 0 radical (unpaired) electrons. The molecule has 0 saturated carbocycles. The number of hydrogen-bond acceptors (Lipinski definition) is 5. The fraction of sp³-hybridized carbons (Fsp3) is 0.475. The van der Waals surface area contributed by atoms with Crippen molar-refractivity contribution in [3.05, 3.63) is 88.9 Å². The number of benzene rings is 2. The van der Waals surface area contributed by atoms with Gasteiger partial charge in [0, 0.05) is 71.2 Å². The third-order valence-electron chi connectivity index (χ3n) is 12.2. The number of carbonyl (C=O) groups is 1. The quantitative estimate of drug-likeness (QED) is 0.145. The molecule has 0 bridgehead atoms. The number of esters is 1. The van der Waals surface area contributed by atoms with Crippen molar-refractivity contribution in [3.63, 3.8) is 0 Å². The number of nitrogens with one attached hydrogen (secondary N) is 2. The molecule has 0 aliphatic carbocycles. The van der Waals surface area contributed by atoms with Gasteiger partial charge in [0.15, 0.2) is 0 Å². The predicted octanol–water partition coefficient (Wildman–Crippen LogP) is 7.52. The number of aromatic amines is 2. The summed E-state index contributed by atoms with van der Waals surface area (Å²) in [6.45, 7) is 7.53. The van der Waals surface area contributed by atoms with Crippen LogP contribution in [0, 0.1) is 23.7 Å². The van der Waals surface area contributed by atoms with Gasteiger partial charge in [-0.25, -0.2) is 0 Å². The monoisotopic (exact) mass is 632 g/mol. The Bertz CT molecular complexity index is 1870. The maximum atomic E-state index is 14.0. The minimum atomic E-state index is -0.290. The molecule has 3 N–H and O–H groups in total. The topological polar surface area (TPSA) is 84.6 Å². The van der Waals surface area contributed by atoms with Gasteiger partial charge >= 0.3 is 5.97 Å². The first-order valence-electron chi connectivity index (χ1n) is 17.8. The molecule has 7 nitrogen and oxygen atoms in total. The molecule has 8 rings (SSSR count). The Morgan fingerprint density at radius 1 is 1.02 bits per heavy atom. The largest absolute Gasteiger partial charge is 0.469 e. The minimum absolute atomic E-state index is 0.0806. The number of aromatic nitrogens is 2. The van der Waals surface area contributed by atoms with Crippen molar-refractivity contribution in [2.45, 2.75) is 64.5 Å². The van der Waals surface area contributed by atoms with E-state index in [1.54, 1.807) is 7.11 Å². The van der Waals surface area contributed by atoms with E-state index in [1.807, 2.05) is 0 Å². The van der Waals surface area contributed by atoms with Gasteiger partial charge in [-0.1, -0.05) is 61.4 Å². The second kappa shape index (κ2) is 12.3. The summed E-state index contributed by atoms with van der Waals surface area (Å²) in [7, 11) is 1.55. The number of para-hydroxylation sites is 2. The van der Waals surface area contributed by atoms with Crippen LogP contribution in [0.3, 0.4) is 0 Å². The number of nitrogens with zero attached hydrogens (tertiary/aromatic N) is 2. The van der Waals surface area contributed by atoms with E-state index in [2.05, 4.69) is 94.4 Å². The number of carbonyl (C=O) groups excluding carboxylic acids is 1. The molecular weight excluding hydrogens is 584 g/mol. The highest BCUT2D eigenvalue weighted by molar-refractivity contribution is 5.96. The highest BCUT2D eigenvalue weighted by Crippen LogP contribution is 2.51. The molecule has 2 fully saturated rings. The lowest BCUT2D eigenvalue weighted by molar-refractivity contribution is -0.147. The first-order chi connectivity index (χ1) is 23.0. The van der Waals surface area contributed by atoms with E-state index in [4.69, 9.17) is 4.74 Å². The maximum Gasteiger partial charge on any atom is 0.309 e. The molecule has 2 aromatic carbocycles. The zero-order chi connectivity index (χ0) is 32.2. The van der Waals surface area contributed by atoms with Gasteiger partial charge in [0.25, 0.3) is 0 Å². The van der Waals surface area contributed by atoms with Gasteiger partial charge in [0.2, 0.25) is 0 Å². The molecule has 0 spiro atoms. The number of allylic oxidation sites excluding steroid dienone is 2. The highest BCUT2D eigenvalue weighted by Gasteiger charge is 2.45. The van der Waals surface area contributed by atoms with Crippen LogP contribution in [-0.4, -0.2) is 64.2 Å². The Morgan fingerprint density at radius 3 is 2.51 bits per heavy atom. The number of aliphatic hydroxyl groups excluding tert-OH is 1. The van der Waals surface area contributed by atoms with Gasteiger partial charge < -0.3 is 24.7 Å². The van der Waals surface area contributed by atoms with E-state index in [9.17, 15) is 9.90 Å². The molecule has 47 heavy (non-hydrogen) atoms. The first-order valence-corrected chi connectivity index (χ1v) is 17.8. The summed E-state index contributed by atoms with van der Waals surface area (Å²) < 4.78 is 5.63. The molecule has 246 valence electrons. The summed E-state index contributed by atoms with van der Waals surface area (Å²) >= 11 is 0. The zero-order valence-corrected chi connectivity index (χ0v) is 28.0. The molecule has 4 aliphatic heterocycles. The average molecular weight is 633 g/mol. The lowest BCUT2D eigenvalue weighted by Gasteiger charge is -2.47. The van der Waals surface area contributed by atoms with Gasteiger partial charge in [-0.15, -0.1) is 0 Å². The van der Waals surface area contributed by atoms with Crippen molar-refractivity contribution in [2.75, 3.05) is 33.4 Å². The Labute approximate surface area is 277 Å². The lowest BCUT2D eigenvalue weighted by atomic mass is 9.71. The standard InChI is InChI=1S/C40H48N4O3/c1-4-24-21-44-23-27(37-30-11-7-9-13-34(30)42-39(37)35(44)19-26(24)15-17-45)18-32(40(46)47-3)31-20-36-38-29(14-16-43(36)22-25(31)5-2)28-10-6-8-12-33(28)41-38/h5-13,23-24,26,31-32,35-36,41-42,45H,4,14-22H2,1-3H3. The molecule has 6 heterocycles. The van der Waals surface area contributed by atoms with Crippen molar-refractivity contribution in [2.24, 2.45) is 23.7 Å². The van der Waals surface area contributed by atoms with Crippen molar-refractivity contribution in [1.82, 2.24) is 19.8 Å². The second-order valence-electron chi connectivity index (χ2n) is 14.3. The fourth-order valence-corrected chi connectivity index (χ4v) is 9.82. The van der Waals surface area contributed by atoms with Crippen molar-refractivity contribution >= 4 is 33.3 Å². The van der Waals surface area contributed by atoms with Crippen LogP contribution in [0.15, 0.2) is 66.4 Å². The summed E-state index contributed by atoms with van der Waals surface area (Å²) in [4.78, 5) is 26.7. The molecule has 7 heteroatoms. The van der Waals surface area contributed by atoms with Crippen LogP contribution in [0.1, 0.15) is 80.6 Å². The smallest absolute Gasteiger partial charge is 0.309 e. The van der Waals surface area contributed by atoms with Crippen LogP contribution >= 0.6 is 0 Å². The molecule has 2 saturated heterocycles. The predicted molar refractivity (Wildman–Crippen MR) is 188 cm³/mol. The van der Waals surface area contributed by atoms with E-state index in [0.717, 1.165) is 57.3 Å². The number of methoxy groups -OCH3 is 1. The van der Waals surface area contributed by atoms with E-state index < -0.39 is 0 Å². The van der Waals surface area contributed by atoms with Crippen LogP contribution in [0.25, 0.3) is 27.4 Å². The average Bonchev–Trinajstić information content (AvgIpc) is 3.69. The van der Waals surface area contributed by atoms with Crippen molar-refractivity contribution in [1.29, 1.82) is 0 Å². The second-order valence-corrected chi connectivity index (χ2v) is 14.3. The van der Waals surface area contributed by atoms with E-state index in [0.29, 0.717) is 18.3 Å². The molecule has 4 aliphatic rings. The lowest BCUT2D eigenvalue weighted by Crippen LogP contribution is -2.45. The number of piperidine rings is 2. The van der Waals surface area contributed by atoms with Crippen LogP contribution in [0.5, 0.6) is 0 Å². The zero-order valence-electron chi connectivity index (χ0n) is 28.0. The third kappa shape index (κ3) is 5.05. The Kier molecular flexibility index (Phi) is 8.01. The van der Waals surface area contributed by atoms with E-state index >= 15 is 0 Å². The van der Waals surface area contributed by atoms with Gasteiger partial charge in [-0.05, 0) is 80.1 Å². The van der Waals surface area contributed by atoms with Gasteiger partial charge in [0.05, 0.1) is 25.1 Å². The van der Waals surface area contributed by atoms with Crippen LogP contribution in [-0.2, 0) is 16.0 Å². The number of hydrogen-bond donors (Lipinski definition) is 3. The van der Waals surface area contributed by atoms with Gasteiger partial charge in [-0.3, -0.25) is 9.69 Å². The summed E-state index contributed by atoms with van der Waals surface area (Å²) in [6, 6.07) is 17.8. The van der Waals surface area contributed by atoms with Crippen LogP contribution < -0.4 is 0 Å². The van der Waals surface area contributed by atoms with Crippen molar-refractivity contribution < 1.29 is 14.6 Å². The Morgan fingerprint density at radius 2 is 1.77 bits per heavy atom. The summed E-state index contributed by atoms with van der Waals surface area (Å²) in [5, 5.41) is 12.5. The number of rotatable bonds is 7. The Hall–Kier alpha value is -3.81. The van der Waals surface area contributed by atoms with Gasteiger partial charge in [-0.2, -0.15) is 0 Å². The molecular formula is C40H48N4O3. The van der Waals surface area contributed by atoms with Gasteiger partial charge in [0.1, 0.15) is 0 Å². The minimum Gasteiger partial charge on any atom is -0.469 e. The SMILES string of the molecule is CC=C1CN2CCc3c([nH]c4ccccc34)C2CC1C(CC1=CN2CC(CC)C(CCO)CC2c2[nH]c3ccccc3c21)C(=O)OC. The number of ether oxygens (including phenoxy) is 1. The van der Waals surface area contributed by atoms with Crippen molar-refractivity contribution in [3.8, 4) is 0 Å². The number of fused-ring (bicyclic) bond motifs is 10. The molecule has 2 aromatic heterocycles. The summed E-state index contributed by atoms with van der Waals surface area (Å²) in [5.74, 6) is 0.705. The normalized spacial score (nSPS) is 27.2. The highest BCUT2D eigenvalue weighted by atomic mass is 16.5. The van der Waals surface area contributed by atoms with Crippen LogP contribution in [0.2, 0.25) is 0 Å². The van der Waals surface area contributed by atoms with Crippen LogP contribution in [0.4, 0.5) is 0 Å². The molecule has 0 amide bonds. The third-order valence-corrected chi connectivity index (χ3v) is 12.2. The Balaban J connectivity index is 1.18. The number of aliphatic hydroxyl groups is 1. The number of H-pyrrole nitrogens is 2. The summed E-state index contributed by atoms with van der Waals surface area (Å²) in [5.41, 5.74) is 10.2. The first kappa shape index (κ1) is 30.5. The molecule has 6 atom stereocenters. The molecule has 6 unspecified atom stereocenters. The van der Waals surface area contributed by atoms with E-state index in [1.165, 1.54) is 50.0 Å². The summed E-state index contributed by atoms with van der Waals surface area (Å²) in [6.07, 6.45) is 10.2. The maximum absolute atomic E-state index is 14.0. The van der Waals surface area contributed by atoms with E-state index in [-0.39, 0.29) is 36.5 Å². The fourth-order valence-electron chi connectivity index (χ4n) is 9.82.